The summed E-state index contributed by atoms with van der Waals surface area (Å²) in [6, 6.07) is 0. The minimum atomic E-state index is 0.719. The molecule has 0 unspecified atom stereocenters. The molecular formula is C26H30. The Bertz CT molecular complexity index is 739. The second-order valence-electron chi connectivity index (χ2n) is 6.43. The van der Waals surface area contributed by atoms with Gasteiger partial charge in [-0.05, 0) is 36.8 Å². The van der Waals surface area contributed by atoms with Crippen LogP contribution in [0.2, 0.25) is 0 Å². The Morgan fingerprint density at radius 1 is 0.846 bits per heavy atom. The van der Waals surface area contributed by atoms with Crippen LogP contribution in [0.15, 0.2) is 134 Å². The normalized spacial score (nSPS) is 13.9. The van der Waals surface area contributed by atoms with Crippen molar-refractivity contribution in [2.24, 2.45) is 0 Å². The zero-order valence-corrected chi connectivity index (χ0v) is 15.8. The van der Waals surface area contributed by atoms with Gasteiger partial charge in [0.1, 0.15) is 0 Å². The molecule has 1 aliphatic rings. The molecule has 0 aromatic carbocycles. The summed E-state index contributed by atoms with van der Waals surface area (Å²) in [4.78, 5) is 0. The van der Waals surface area contributed by atoms with Crippen LogP contribution >= 0.6 is 0 Å². The van der Waals surface area contributed by atoms with E-state index in [-0.39, 0.29) is 0 Å². The lowest BCUT2D eigenvalue weighted by Gasteiger charge is -2.08. The Kier molecular flexibility index (Phi) is 9.49. The molecule has 0 heteroatoms. The van der Waals surface area contributed by atoms with E-state index in [9.17, 15) is 0 Å². The van der Waals surface area contributed by atoms with E-state index in [1.807, 2.05) is 36.5 Å². The van der Waals surface area contributed by atoms with Crippen molar-refractivity contribution in [3.05, 3.63) is 134 Å². The summed E-state index contributed by atoms with van der Waals surface area (Å²) in [5.74, 6) is 0. The highest BCUT2D eigenvalue weighted by Crippen LogP contribution is 2.20. The van der Waals surface area contributed by atoms with Crippen LogP contribution in [-0.4, -0.2) is 0 Å². The third-order valence-corrected chi connectivity index (χ3v) is 3.93. The van der Waals surface area contributed by atoms with Crippen LogP contribution in [0.1, 0.15) is 25.7 Å². The van der Waals surface area contributed by atoms with E-state index in [0.29, 0.717) is 0 Å². The van der Waals surface area contributed by atoms with Crippen molar-refractivity contribution in [3.8, 4) is 0 Å². The van der Waals surface area contributed by atoms with Crippen LogP contribution in [0, 0.1) is 0 Å². The van der Waals surface area contributed by atoms with Gasteiger partial charge in [0.15, 0.2) is 0 Å². The number of allylic oxidation sites excluding steroid dienone is 16. The molecular weight excluding hydrogens is 312 g/mol. The molecule has 0 aliphatic heterocycles. The third-order valence-electron chi connectivity index (χ3n) is 3.93. The SMILES string of the molecule is C=C/C=C\C(=C)CC(=C)/C=C\C(=C)C(=C)/C=C\C(=C)CC1=CC=CCC1. The molecule has 0 fully saturated rings. The largest absolute Gasteiger partial charge is 0.0991 e. The number of hydrogen-bond donors (Lipinski definition) is 0. The van der Waals surface area contributed by atoms with E-state index >= 15 is 0 Å². The van der Waals surface area contributed by atoms with Gasteiger partial charge in [0.2, 0.25) is 0 Å². The van der Waals surface area contributed by atoms with Gasteiger partial charge in [-0.15, -0.1) is 0 Å². The molecule has 0 radical (unpaired) electrons. The van der Waals surface area contributed by atoms with E-state index in [0.717, 1.165) is 53.5 Å². The topological polar surface area (TPSA) is 0 Å². The summed E-state index contributed by atoms with van der Waals surface area (Å²) >= 11 is 0. The second kappa shape index (κ2) is 11.7. The molecule has 0 amide bonds. The van der Waals surface area contributed by atoms with Crippen molar-refractivity contribution >= 4 is 0 Å². The first kappa shape index (κ1) is 21.2. The third kappa shape index (κ3) is 8.84. The zero-order valence-electron chi connectivity index (χ0n) is 15.8. The lowest BCUT2D eigenvalue weighted by molar-refractivity contribution is 0.914. The van der Waals surface area contributed by atoms with Crippen LogP contribution in [0.25, 0.3) is 0 Å². The van der Waals surface area contributed by atoms with Crippen LogP contribution in [0.4, 0.5) is 0 Å². The lowest BCUT2D eigenvalue weighted by atomic mass is 9.97. The van der Waals surface area contributed by atoms with Crippen LogP contribution < -0.4 is 0 Å². The van der Waals surface area contributed by atoms with Gasteiger partial charge in [-0.1, -0.05) is 123 Å². The molecule has 1 rings (SSSR count). The van der Waals surface area contributed by atoms with Gasteiger partial charge in [0.05, 0.1) is 0 Å². The summed E-state index contributed by atoms with van der Waals surface area (Å²) < 4.78 is 0. The van der Waals surface area contributed by atoms with Crippen LogP contribution in [-0.2, 0) is 0 Å². The van der Waals surface area contributed by atoms with Crippen molar-refractivity contribution in [2.45, 2.75) is 25.7 Å². The Hall–Kier alpha value is -2.86. The van der Waals surface area contributed by atoms with Crippen molar-refractivity contribution in [1.29, 1.82) is 0 Å². The van der Waals surface area contributed by atoms with Gasteiger partial charge in [-0.3, -0.25) is 0 Å². The molecule has 26 heavy (non-hydrogen) atoms. The fourth-order valence-corrected chi connectivity index (χ4v) is 2.41. The fraction of sp³-hybridized carbons (Fsp3) is 0.154. The first-order chi connectivity index (χ1) is 12.4. The molecule has 0 bridgehead atoms. The lowest BCUT2D eigenvalue weighted by Crippen LogP contribution is -1.89. The Labute approximate surface area is 159 Å². The number of rotatable bonds is 11. The average Bonchev–Trinajstić information content (AvgIpc) is 2.63. The Morgan fingerprint density at radius 3 is 2.04 bits per heavy atom. The standard InChI is InChI=1S/C26H30/c1-7-8-12-21(2)19-22(3)15-17-24(5)25(6)18-16-23(4)20-26-13-10-9-11-14-26/h7-10,12-13,15-18H,1-6,11,14,19-20H2/b12-8-,17-15-,18-16-. The first-order valence-electron chi connectivity index (χ1n) is 8.83. The van der Waals surface area contributed by atoms with Crippen molar-refractivity contribution in [1.82, 2.24) is 0 Å². The molecule has 0 nitrogen and oxygen atoms in total. The maximum Gasteiger partial charge on any atom is -0.00375 e. The Balaban J connectivity index is 2.48. The summed E-state index contributed by atoms with van der Waals surface area (Å²) in [6.45, 7) is 24.0. The molecule has 134 valence electrons. The smallest absolute Gasteiger partial charge is 0.00375 e. The monoisotopic (exact) mass is 342 g/mol. The highest BCUT2D eigenvalue weighted by atomic mass is 14.1. The van der Waals surface area contributed by atoms with Crippen LogP contribution in [0.3, 0.4) is 0 Å². The predicted molar refractivity (Wildman–Crippen MR) is 119 cm³/mol. The van der Waals surface area contributed by atoms with Crippen molar-refractivity contribution in [2.75, 3.05) is 0 Å². The summed E-state index contributed by atoms with van der Waals surface area (Å²) in [5.41, 5.74) is 6.21. The maximum atomic E-state index is 4.13. The minimum absolute atomic E-state index is 0.719. The zero-order chi connectivity index (χ0) is 19.4. The fourth-order valence-electron chi connectivity index (χ4n) is 2.41. The molecule has 0 aromatic rings. The van der Waals surface area contributed by atoms with E-state index in [4.69, 9.17) is 0 Å². The minimum Gasteiger partial charge on any atom is -0.0991 e. The van der Waals surface area contributed by atoms with Crippen LogP contribution in [0.5, 0.6) is 0 Å². The molecule has 0 aromatic heterocycles. The molecule has 0 N–H and O–H groups in total. The van der Waals surface area contributed by atoms with Crippen molar-refractivity contribution in [3.63, 3.8) is 0 Å². The molecule has 0 atom stereocenters. The van der Waals surface area contributed by atoms with Crippen molar-refractivity contribution < 1.29 is 0 Å². The highest BCUT2D eigenvalue weighted by Gasteiger charge is 2.01. The average molecular weight is 343 g/mol. The maximum absolute atomic E-state index is 4.13. The Morgan fingerprint density at radius 2 is 1.46 bits per heavy atom. The van der Waals surface area contributed by atoms with E-state index in [1.165, 1.54) is 5.57 Å². The van der Waals surface area contributed by atoms with Gasteiger partial charge in [-0.25, -0.2) is 0 Å². The van der Waals surface area contributed by atoms with Gasteiger partial charge >= 0.3 is 0 Å². The summed E-state index contributed by atoms with van der Waals surface area (Å²) in [6.07, 6.45) is 23.8. The quantitative estimate of drug-likeness (QED) is 0.338. The number of hydrogen-bond acceptors (Lipinski definition) is 0. The van der Waals surface area contributed by atoms with E-state index in [1.54, 1.807) is 6.08 Å². The van der Waals surface area contributed by atoms with Gasteiger partial charge in [0, 0.05) is 0 Å². The molecule has 0 heterocycles. The first-order valence-corrected chi connectivity index (χ1v) is 8.83. The molecule has 0 saturated heterocycles. The molecule has 1 aliphatic carbocycles. The summed E-state index contributed by atoms with van der Waals surface area (Å²) in [7, 11) is 0. The molecule has 0 spiro atoms. The predicted octanol–water partition coefficient (Wildman–Crippen LogP) is 7.68. The van der Waals surface area contributed by atoms with Gasteiger partial charge in [-0.2, -0.15) is 0 Å². The molecule has 0 saturated carbocycles. The van der Waals surface area contributed by atoms with Gasteiger partial charge in [0.25, 0.3) is 0 Å². The van der Waals surface area contributed by atoms with Gasteiger partial charge < -0.3 is 0 Å². The highest BCUT2D eigenvalue weighted by molar-refractivity contribution is 5.46. The summed E-state index contributed by atoms with van der Waals surface area (Å²) in [5, 5.41) is 0. The van der Waals surface area contributed by atoms with E-state index < -0.39 is 0 Å². The van der Waals surface area contributed by atoms with E-state index in [2.05, 4.69) is 57.7 Å². The second-order valence-corrected chi connectivity index (χ2v) is 6.43.